The highest BCUT2D eigenvalue weighted by Gasteiger charge is 2.50. The fraction of sp³-hybridized carbons (Fsp3) is 0.650. The molecule has 1 aliphatic carbocycles. The molecule has 0 radical (unpaired) electrons. The molecule has 2 aliphatic heterocycles. The van der Waals surface area contributed by atoms with Crippen molar-refractivity contribution in [3.05, 3.63) is 34.4 Å². The van der Waals surface area contributed by atoms with Crippen molar-refractivity contribution in [2.24, 2.45) is 0 Å². The van der Waals surface area contributed by atoms with Crippen LogP contribution in [0.5, 0.6) is 0 Å². The number of rotatable bonds is 1. The Kier molecular flexibility index (Phi) is 4.97. The maximum Gasteiger partial charge on any atom is 0.331 e. The second kappa shape index (κ2) is 6.85. The molecule has 0 amide bonds. The summed E-state index contributed by atoms with van der Waals surface area (Å²) in [4.78, 5) is 11.5. The number of fused-ring (bicyclic) bond motifs is 2. The lowest BCUT2D eigenvalue weighted by molar-refractivity contribution is -0.132. The van der Waals surface area contributed by atoms with E-state index in [2.05, 4.69) is 26.8 Å². The highest BCUT2D eigenvalue weighted by molar-refractivity contribution is 5.86. The third-order valence-electron chi connectivity index (χ3n) is 5.61. The molecule has 1 fully saturated rings. The maximum atomic E-state index is 11.5. The van der Waals surface area contributed by atoms with Gasteiger partial charge in [0.25, 0.3) is 0 Å². The van der Waals surface area contributed by atoms with Gasteiger partial charge >= 0.3 is 5.97 Å². The van der Waals surface area contributed by atoms with Crippen LogP contribution in [0.1, 0.15) is 59.3 Å². The number of allylic oxidation sites excluding steroid dienone is 2. The molecular formula is C20H28O4. The minimum Gasteiger partial charge on any atom is -0.478 e. The molecule has 0 aromatic heterocycles. The van der Waals surface area contributed by atoms with Crippen molar-refractivity contribution in [1.29, 1.82) is 0 Å². The van der Waals surface area contributed by atoms with E-state index in [0.29, 0.717) is 24.7 Å². The zero-order valence-corrected chi connectivity index (χ0v) is 14.9. The summed E-state index contributed by atoms with van der Waals surface area (Å²) in [6.07, 6.45) is 9.45. The topological polar surface area (TPSA) is 59.1 Å². The van der Waals surface area contributed by atoms with Gasteiger partial charge in [-0.2, -0.15) is 0 Å². The van der Waals surface area contributed by atoms with Crippen molar-refractivity contribution in [1.82, 2.24) is 0 Å². The Hall–Kier alpha value is -1.39. The first-order chi connectivity index (χ1) is 11.4. The van der Waals surface area contributed by atoms with Crippen molar-refractivity contribution in [2.75, 3.05) is 6.61 Å². The summed E-state index contributed by atoms with van der Waals surface area (Å²) in [7, 11) is 0. The highest BCUT2D eigenvalue weighted by atomic mass is 16.6. The normalized spacial score (nSPS) is 39.0. The first-order valence-electron chi connectivity index (χ1n) is 8.96. The number of carboxylic acids is 1. The van der Waals surface area contributed by atoms with Crippen LogP contribution in [0.4, 0.5) is 0 Å². The van der Waals surface area contributed by atoms with Gasteiger partial charge in [0, 0.05) is 5.57 Å². The summed E-state index contributed by atoms with van der Waals surface area (Å²) in [5.41, 5.74) is 4.27. The van der Waals surface area contributed by atoms with Gasteiger partial charge in [-0.3, -0.25) is 0 Å². The summed E-state index contributed by atoms with van der Waals surface area (Å²) in [6, 6.07) is 0. The molecule has 2 heterocycles. The molecule has 1 N–H and O–H groups in total. The molecule has 4 nitrogen and oxygen atoms in total. The van der Waals surface area contributed by atoms with Gasteiger partial charge in [-0.1, -0.05) is 17.7 Å². The monoisotopic (exact) mass is 332 g/mol. The fourth-order valence-corrected chi connectivity index (χ4v) is 3.83. The molecular weight excluding hydrogens is 304 g/mol. The SMILES string of the molecule is CC1=C2CC/C(C(=O)O)=C\CC[C@]3(C)O[C@H]3CC/C(C)=C/[C@@H]2OC1. The molecule has 0 unspecified atom stereocenters. The minimum atomic E-state index is -0.805. The maximum absolute atomic E-state index is 11.5. The predicted octanol–water partition coefficient (Wildman–Crippen LogP) is 4.17. The lowest BCUT2D eigenvalue weighted by atomic mass is 9.92. The molecule has 0 aromatic rings. The van der Waals surface area contributed by atoms with Crippen LogP contribution in [0, 0.1) is 0 Å². The van der Waals surface area contributed by atoms with Gasteiger partial charge in [0.2, 0.25) is 0 Å². The molecule has 0 bridgehead atoms. The molecule has 132 valence electrons. The zero-order chi connectivity index (χ0) is 17.3. The minimum absolute atomic E-state index is 0.00879. The van der Waals surface area contributed by atoms with E-state index in [1.807, 2.05) is 6.08 Å². The van der Waals surface area contributed by atoms with Crippen molar-refractivity contribution >= 4 is 5.97 Å². The van der Waals surface area contributed by atoms with E-state index in [0.717, 1.165) is 32.1 Å². The molecule has 24 heavy (non-hydrogen) atoms. The molecule has 3 aliphatic rings. The van der Waals surface area contributed by atoms with Gasteiger partial charge in [0.05, 0.1) is 24.4 Å². The standard InChI is InChI=1S/C20H28O4/c1-13-6-9-18-20(3,24-18)10-4-5-15(19(21)22)7-8-16-14(2)12-23-17(16)11-13/h5,11,17-18H,4,6-10,12H2,1-3H3,(H,21,22)/b13-11+,15-5+/t17-,18-,20-/m0/s1. The average molecular weight is 332 g/mol. The second-order valence-electron chi connectivity index (χ2n) is 7.58. The third kappa shape index (κ3) is 3.81. The van der Waals surface area contributed by atoms with Gasteiger partial charge in [0.1, 0.15) is 0 Å². The number of hydrogen-bond acceptors (Lipinski definition) is 3. The van der Waals surface area contributed by atoms with Crippen LogP contribution < -0.4 is 0 Å². The molecule has 3 atom stereocenters. The summed E-state index contributed by atoms with van der Waals surface area (Å²) in [5.74, 6) is -0.805. The largest absolute Gasteiger partial charge is 0.478 e. The summed E-state index contributed by atoms with van der Waals surface area (Å²) in [6.45, 7) is 7.04. The van der Waals surface area contributed by atoms with E-state index in [1.165, 1.54) is 16.7 Å². The fourth-order valence-electron chi connectivity index (χ4n) is 3.83. The van der Waals surface area contributed by atoms with Crippen molar-refractivity contribution in [2.45, 2.75) is 77.1 Å². The Balaban J connectivity index is 1.81. The lowest BCUT2D eigenvalue weighted by Gasteiger charge is -2.14. The number of carboxylic acid groups (broad SMARTS) is 1. The van der Waals surface area contributed by atoms with Gasteiger partial charge < -0.3 is 14.6 Å². The van der Waals surface area contributed by atoms with Gasteiger partial charge in [-0.05, 0) is 70.4 Å². The van der Waals surface area contributed by atoms with Gasteiger partial charge in [-0.25, -0.2) is 4.79 Å². The van der Waals surface area contributed by atoms with Crippen molar-refractivity contribution < 1.29 is 19.4 Å². The van der Waals surface area contributed by atoms with Crippen LogP contribution >= 0.6 is 0 Å². The third-order valence-corrected chi connectivity index (χ3v) is 5.61. The quantitative estimate of drug-likeness (QED) is 0.578. The number of carbonyl (C=O) groups is 1. The lowest BCUT2D eigenvalue weighted by Crippen LogP contribution is -2.12. The number of aliphatic carboxylic acids is 1. The molecule has 0 saturated carbocycles. The first-order valence-corrected chi connectivity index (χ1v) is 8.96. The van der Waals surface area contributed by atoms with E-state index in [4.69, 9.17) is 9.47 Å². The van der Waals surface area contributed by atoms with E-state index >= 15 is 0 Å². The van der Waals surface area contributed by atoms with E-state index < -0.39 is 5.97 Å². The van der Waals surface area contributed by atoms with Crippen molar-refractivity contribution in [3.63, 3.8) is 0 Å². The molecule has 4 heteroatoms. The van der Waals surface area contributed by atoms with E-state index in [9.17, 15) is 9.90 Å². The zero-order valence-electron chi connectivity index (χ0n) is 14.9. The van der Waals surface area contributed by atoms with Crippen LogP contribution in [0.25, 0.3) is 0 Å². The average Bonchev–Trinajstić information content (AvgIpc) is 3.05. The number of hydrogen-bond donors (Lipinski definition) is 1. The van der Waals surface area contributed by atoms with Crippen molar-refractivity contribution in [3.8, 4) is 0 Å². The molecule has 3 rings (SSSR count). The smallest absolute Gasteiger partial charge is 0.331 e. The van der Waals surface area contributed by atoms with Crippen LogP contribution in [0.2, 0.25) is 0 Å². The van der Waals surface area contributed by atoms with Crippen LogP contribution in [-0.2, 0) is 14.3 Å². The molecule has 0 spiro atoms. The predicted molar refractivity (Wildman–Crippen MR) is 92.9 cm³/mol. The molecule has 0 aromatic carbocycles. The first kappa shape index (κ1) is 17.4. The Morgan fingerprint density at radius 2 is 2.08 bits per heavy atom. The Labute approximate surface area is 144 Å². The highest BCUT2D eigenvalue weighted by Crippen LogP contribution is 2.44. The molecule has 1 saturated heterocycles. The van der Waals surface area contributed by atoms with Crippen LogP contribution in [-0.4, -0.2) is 35.5 Å². The van der Waals surface area contributed by atoms with Crippen LogP contribution in [0.3, 0.4) is 0 Å². The van der Waals surface area contributed by atoms with E-state index in [-0.39, 0.29) is 11.7 Å². The number of epoxide rings is 1. The van der Waals surface area contributed by atoms with Gasteiger partial charge in [0.15, 0.2) is 0 Å². The van der Waals surface area contributed by atoms with Crippen LogP contribution in [0.15, 0.2) is 34.4 Å². The second-order valence-corrected chi connectivity index (χ2v) is 7.58. The van der Waals surface area contributed by atoms with E-state index in [1.54, 1.807) is 0 Å². The summed E-state index contributed by atoms with van der Waals surface area (Å²) >= 11 is 0. The Bertz CT molecular complexity index is 613. The van der Waals surface area contributed by atoms with Gasteiger partial charge in [-0.15, -0.1) is 0 Å². The summed E-state index contributed by atoms with van der Waals surface area (Å²) < 4.78 is 11.8. The summed E-state index contributed by atoms with van der Waals surface area (Å²) in [5, 5.41) is 9.47. The Morgan fingerprint density at radius 3 is 2.83 bits per heavy atom. The number of ether oxygens (including phenoxy) is 2. The Morgan fingerprint density at radius 1 is 1.29 bits per heavy atom.